The first-order valence-electron chi connectivity index (χ1n) is 11.7. The normalized spacial score (nSPS) is 18.0. The number of carboxylic acids is 1. The summed E-state index contributed by atoms with van der Waals surface area (Å²) < 4.78 is 34.8. The van der Waals surface area contributed by atoms with Crippen molar-refractivity contribution in [2.75, 3.05) is 13.6 Å². The highest BCUT2D eigenvalue weighted by Crippen LogP contribution is 2.35. The van der Waals surface area contributed by atoms with E-state index in [1.165, 1.54) is 7.05 Å². The smallest absolute Gasteiger partial charge is 0.306 e. The third-order valence-corrected chi connectivity index (χ3v) is 8.85. The van der Waals surface area contributed by atoms with Crippen LogP contribution in [0.3, 0.4) is 0 Å². The first kappa shape index (κ1) is 26.6. The Morgan fingerprint density at radius 2 is 1.94 bits per heavy atom. The number of carbonyl (C=O) groups excluding carboxylic acids is 1. The summed E-state index contributed by atoms with van der Waals surface area (Å²) in [4.78, 5) is 28.6. The van der Waals surface area contributed by atoms with Gasteiger partial charge in [-0.05, 0) is 60.8 Å². The summed E-state index contributed by atoms with van der Waals surface area (Å²) in [6.45, 7) is 2.14. The van der Waals surface area contributed by atoms with Crippen LogP contribution in [-0.2, 0) is 20.6 Å². The molecule has 4 rings (SSSR count). The fraction of sp³-hybridized carbons (Fsp3) is 0.400. The van der Waals surface area contributed by atoms with Crippen molar-refractivity contribution in [1.82, 2.24) is 15.0 Å². The van der Waals surface area contributed by atoms with Crippen molar-refractivity contribution >= 4 is 55.6 Å². The van der Waals surface area contributed by atoms with Crippen LogP contribution in [0.5, 0.6) is 0 Å². The maximum Gasteiger partial charge on any atom is 0.306 e. The molecule has 0 saturated heterocycles. The van der Waals surface area contributed by atoms with Gasteiger partial charge >= 0.3 is 5.97 Å². The average molecular weight is 625 g/mol. The van der Waals surface area contributed by atoms with Crippen molar-refractivity contribution in [2.45, 2.75) is 38.4 Å². The first-order valence-corrected chi connectivity index (χ1v) is 14.4. The van der Waals surface area contributed by atoms with Gasteiger partial charge in [0.2, 0.25) is 15.7 Å². The van der Waals surface area contributed by atoms with E-state index in [0.29, 0.717) is 38.8 Å². The Kier molecular flexibility index (Phi) is 8.00. The molecule has 0 bridgehead atoms. The van der Waals surface area contributed by atoms with Crippen molar-refractivity contribution in [3.05, 3.63) is 50.7 Å². The zero-order valence-electron chi connectivity index (χ0n) is 20.0. The lowest BCUT2D eigenvalue weighted by molar-refractivity contribution is -0.143. The van der Waals surface area contributed by atoms with Crippen LogP contribution < -0.4 is 10.0 Å². The molecule has 2 atom stereocenters. The van der Waals surface area contributed by atoms with Gasteiger partial charge in [-0.1, -0.05) is 36.2 Å². The fourth-order valence-corrected chi connectivity index (χ4v) is 6.73. The van der Waals surface area contributed by atoms with Crippen molar-refractivity contribution in [3.8, 4) is 11.3 Å². The number of aryl methyl sites for hydroxylation is 1. The minimum atomic E-state index is -3.72. The number of hydrogen-bond acceptors (Lipinski definition) is 6. The van der Waals surface area contributed by atoms with Crippen LogP contribution in [0.1, 0.15) is 47.3 Å². The zero-order valence-corrected chi connectivity index (χ0v) is 23.0. The molecule has 1 aliphatic carbocycles. The lowest BCUT2D eigenvalue weighted by Gasteiger charge is -2.16. The van der Waals surface area contributed by atoms with Crippen LogP contribution in [0, 0.1) is 22.3 Å². The Labute approximate surface area is 223 Å². The Balaban J connectivity index is 1.57. The minimum Gasteiger partial charge on any atom is -0.481 e. The Morgan fingerprint density at radius 1 is 1.22 bits per heavy atom. The third-order valence-electron chi connectivity index (χ3n) is 6.62. The summed E-state index contributed by atoms with van der Waals surface area (Å²) >= 11 is 2.01. The van der Waals surface area contributed by atoms with Gasteiger partial charge in [0.15, 0.2) is 0 Å². The van der Waals surface area contributed by atoms with Crippen LogP contribution in [-0.4, -0.2) is 44.0 Å². The van der Waals surface area contributed by atoms with E-state index in [1.54, 1.807) is 6.07 Å². The molecular weight excluding hydrogens is 597 g/mol. The van der Waals surface area contributed by atoms with Gasteiger partial charge in [0.05, 0.1) is 22.6 Å². The molecule has 1 amide bonds. The highest BCUT2D eigenvalue weighted by atomic mass is 127. The molecule has 0 radical (unpaired) electrons. The van der Waals surface area contributed by atoms with E-state index in [9.17, 15) is 23.1 Å². The van der Waals surface area contributed by atoms with Crippen molar-refractivity contribution in [1.29, 1.82) is 0 Å². The lowest BCUT2D eigenvalue weighted by Crippen LogP contribution is -2.29. The van der Waals surface area contributed by atoms with E-state index in [2.05, 4.69) is 15.0 Å². The number of fused-ring (bicyclic) bond motifs is 1. The minimum absolute atomic E-state index is 0.0220. The highest BCUT2D eigenvalue weighted by molar-refractivity contribution is 14.1. The molecule has 36 heavy (non-hydrogen) atoms. The molecule has 1 fully saturated rings. The summed E-state index contributed by atoms with van der Waals surface area (Å²) in [5.41, 5.74) is 2.63. The Bertz CT molecular complexity index is 1400. The van der Waals surface area contributed by atoms with Crippen LogP contribution in [0.25, 0.3) is 22.4 Å². The molecule has 1 aromatic carbocycles. The van der Waals surface area contributed by atoms with Crippen LogP contribution >= 0.6 is 22.6 Å². The Morgan fingerprint density at radius 3 is 2.61 bits per heavy atom. The topological polar surface area (TPSA) is 139 Å². The van der Waals surface area contributed by atoms with Gasteiger partial charge in [-0.3, -0.25) is 9.59 Å². The molecule has 1 aliphatic rings. The molecule has 3 aromatic rings. The maximum absolute atomic E-state index is 12.8. The van der Waals surface area contributed by atoms with E-state index in [0.717, 1.165) is 24.0 Å². The largest absolute Gasteiger partial charge is 0.481 e. The summed E-state index contributed by atoms with van der Waals surface area (Å²) in [6.07, 6.45) is 2.76. The highest BCUT2D eigenvalue weighted by Gasteiger charge is 2.32. The van der Waals surface area contributed by atoms with Gasteiger partial charge < -0.3 is 14.8 Å². The molecule has 3 N–H and O–H groups in total. The number of benzene rings is 1. The number of carboxylic acid groups (broad SMARTS) is 1. The number of aromatic nitrogens is 1. The van der Waals surface area contributed by atoms with Gasteiger partial charge in [-0.25, -0.2) is 18.1 Å². The second kappa shape index (κ2) is 10.9. The van der Waals surface area contributed by atoms with Crippen molar-refractivity contribution in [3.63, 3.8) is 0 Å². The van der Waals surface area contributed by atoms with Crippen molar-refractivity contribution in [2.24, 2.45) is 11.8 Å². The monoisotopic (exact) mass is 625 g/mol. The number of amides is 1. The average Bonchev–Trinajstić information content (AvgIpc) is 3.44. The maximum atomic E-state index is 12.8. The second-order valence-electron chi connectivity index (χ2n) is 9.10. The van der Waals surface area contributed by atoms with Crippen LogP contribution in [0.4, 0.5) is 0 Å². The number of carbonyl (C=O) groups is 2. The molecule has 9 nitrogen and oxygen atoms in total. The summed E-state index contributed by atoms with van der Waals surface area (Å²) in [6, 6.07) is 9.27. The number of nitrogens with one attached hydrogen (secondary N) is 2. The molecule has 192 valence electrons. The number of nitrogens with zero attached hydrogens (tertiary/aromatic N) is 1. The number of aliphatic carboxylic acids is 1. The summed E-state index contributed by atoms with van der Waals surface area (Å²) in [5.74, 6) is -1.55. The van der Waals surface area contributed by atoms with Gasteiger partial charge in [-0.15, -0.1) is 0 Å². The second-order valence-corrected chi connectivity index (χ2v) is 12.1. The predicted molar refractivity (Wildman–Crippen MR) is 144 cm³/mol. The molecular formula is C25H28IN3O6S. The van der Waals surface area contributed by atoms with Gasteiger partial charge in [0, 0.05) is 22.7 Å². The Hall–Kier alpha value is -2.51. The molecule has 2 heterocycles. The SMILES string of the molecule is CNC(=O)c1c(-c2ccc(C)cc2)oc2nc(CS(=O)(=O)NCCC3CCCC3C(=O)O)c(I)cc12. The van der Waals surface area contributed by atoms with Crippen molar-refractivity contribution < 1.29 is 27.5 Å². The molecule has 0 spiro atoms. The van der Waals surface area contributed by atoms with Gasteiger partial charge in [-0.2, -0.15) is 0 Å². The number of pyridine rings is 1. The fourth-order valence-electron chi connectivity index (χ4n) is 4.73. The zero-order chi connectivity index (χ0) is 26.0. The summed E-state index contributed by atoms with van der Waals surface area (Å²) in [5, 5.41) is 12.5. The van der Waals surface area contributed by atoms with E-state index in [1.807, 2.05) is 53.8 Å². The summed E-state index contributed by atoms with van der Waals surface area (Å²) in [7, 11) is -2.19. The number of hydrogen-bond donors (Lipinski definition) is 3. The van der Waals surface area contributed by atoms with E-state index >= 15 is 0 Å². The molecule has 1 saturated carbocycles. The number of furan rings is 1. The first-order chi connectivity index (χ1) is 17.1. The van der Waals surface area contributed by atoms with Gasteiger partial charge in [0.1, 0.15) is 11.5 Å². The number of halogens is 1. The van der Waals surface area contributed by atoms with E-state index in [4.69, 9.17) is 4.42 Å². The molecule has 2 aromatic heterocycles. The standard InChI is InChI=1S/C25H28IN3O6S/c1-14-6-8-16(9-7-14)22-21(23(30)27-2)18-12-19(26)20(29-24(18)35-22)13-36(33,34)28-11-10-15-4-3-5-17(15)25(31)32/h6-9,12,15,17,28H,3-5,10-11,13H2,1-2H3,(H,27,30)(H,31,32). The quantitative estimate of drug-likeness (QED) is 0.305. The third kappa shape index (κ3) is 5.73. The molecule has 0 aliphatic heterocycles. The van der Waals surface area contributed by atoms with E-state index in [-0.39, 0.29) is 29.8 Å². The molecule has 11 heteroatoms. The predicted octanol–water partition coefficient (Wildman–Crippen LogP) is 4.08. The number of rotatable bonds is 9. The lowest BCUT2D eigenvalue weighted by atomic mass is 9.93. The molecule has 2 unspecified atom stereocenters. The van der Waals surface area contributed by atoms with E-state index < -0.39 is 21.9 Å². The van der Waals surface area contributed by atoms with Crippen LogP contribution in [0.2, 0.25) is 0 Å². The number of sulfonamides is 1. The van der Waals surface area contributed by atoms with Gasteiger partial charge in [0.25, 0.3) is 5.91 Å². The van der Waals surface area contributed by atoms with Crippen LogP contribution in [0.15, 0.2) is 34.7 Å².